The van der Waals surface area contributed by atoms with E-state index in [1.165, 1.54) is 0 Å². The molecule has 0 unspecified atom stereocenters. The number of aliphatic carboxylic acids is 1. The SMILES string of the molecule is CC1CN(Cc2ccccc2CC(=O)O)C1. The van der Waals surface area contributed by atoms with Gasteiger partial charge in [-0.2, -0.15) is 0 Å². The Morgan fingerprint density at radius 1 is 1.38 bits per heavy atom. The Morgan fingerprint density at radius 3 is 2.56 bits per heavy atom. The third-order valence-electron chi connectivity index (χ3n) is 2.99. The summed E-state index contributed by atoms with van der Waals surface area (Å²) in [5.41, 5.74) is 2.09. The molecule has 0 atom stereocenters. The number of hydrogen-bond donors (Lipinski definition) is 1. The fourth-order valence-corrected chi connectivity index (χ4v) is 2.25. The highest BCUT2D eigenvalue weighted by molar-refractivity contribution is 5.70. The lowest BCUT2D eigenvalue weighted by Gasteiger charge is -2.37. The van der Waals surface area contributed by atoms with E-state index in [2.05, 4.69) is 11.8 Å². The molecule has 2 rings (SSSR count). The molecule has 3 heteroatoms. The minimum atomic E-state index is -0.760. The topological polar surface area (TPSA) is 40.5 Å². The lowest BCUT2D eigenvalue weighted by atomic mass is 9.99. The van der Waals surface area contributed by atoms with Crippen molar-refractivity contribution in [2.45, 2.75) is 19.9 Å². The second-order valence-corrected chi connectivity index (χ2v) is 4.64. The average Bonchev–Trinajstić information content (AvgIpc) is 2.17. The molecule has 3 nitrogen and oxygen atoms in total. The van der Waals surface area contributed by atoms with Crippen LogP contribution in [-0.4, -0.2) is 29.1 Å². The largest absolute Gasteiger partial charge is 0.481 e. The molecule has 0 spiro atoms. The fourth-order valence-electron chi connectivity index (χ4n) is 2.25. The molecule has 1 aliphatic heterocycles. The summed E-state index contributed by atoms with van der Waals surface area (Å²) in [6.45, 7) is 5.37. The van der Waals surface area contributed by atoms with Crippen LogP contribution in [0.4, 0.5) is 0 Å². The first-order chi connectivity index (χ1) is 7.65. The third kappa shape index (κ3) is 2.61. The zero-order valence-corrected chi connectivity index (χ0v) is 9.52. The van der Waals surface area contributed by atoms with Gasteiger partial charge in [0.15, 0.2) is 0 Å². The second-order valence-electron chi connectivity index (χ2n) is 4.64. The van der Waals surface area contributed by atoms with Crippen LogP contribution in [0.2, 0.25) is 0 Å². The van der Waals surface area contributed by atoms with Crippen LogP contribution in [-0.2, 0) is 17.8 Å². The Balaban J connectivity index is 2.04. The maximum atomic E-state index is 10.7. The van der Waals surface area contributed by atoms with Crippen LogP contribution in [0.3, 0.4) is 0 Å². The molecular weight excluding hydrogens is 202 g/mol. The van der Waals surface area contributed by atoms with E-state index in [-0.39, 0.29) is 6.42 Å². The molecule has 1 heterocycles. The summed E-state index contributed by atoms with van der Waals surface area (Å²) in [5, 5.41) is 8.83. The first-order valence-electron chi connectivity index (χ1n) is 5.66. The highest BCUT2D eigenvalue weighted by Crippen LogP contribution is 2.20. The number of nitrogens with zero attached hydrogens (tertiary/aromatic N) is 1. The molecule has 0 bridgehead atoms. The van der Waals surface area contributed by atoms with E-state index in [1.54, 1.807) is 0 Å². The van der Waals surface area contributed by atoms with E-state index in [9.17, 15) is 4.79 Å². The van der Waals surface area contributed by atoms with Gasteiger partial charge < -0.3 is 5.11 Å². The number of carboxylic acids is 1. The van der Waals surface area contributed by atoms with Crippen molar-refractivity contribution in [3.63, 3.8) is 0 Å². The maximum Gasteiger partial charge on any atom is 0.307 e. The van der Waals surface area contributed by atoms with E-state index in [0.29, 0.717) is 0 Å². The molecule has 0 saturated carbocycles. The average molecular weight is 219 g/mol. The van der Waals surface area contributed by atoms with E-state index < -0.39 is 5.97 Å². The van der Waals surface area contributed by atoms with Crippen LogP contribution in [0.5, 0.6) is 0 Å². The molecule has 1 aromatic rings. The van der Waals surface area contributed by atoms with Gasteiger partial charge in [-0.1, -0.05) is 31.2 Å². The van der Waals surface area contributed by atoms with Gasteiger partial charge in [-0.15, -0.1) is 0 Å². The Morgan fingerprint density at radius 2 is 2.00 bits per heavy atom. The Labute approximate surface area is 95.7 Å². The second kappa shape index (κ2) is 4.66. The third-order valence-corrected chi connectivity index (χ3v) is 2.99. The molecule has 0 aliphatic carbocycles. The number of hydrogen-bond acceptors (Lipinski definition) is 2. The molecular formula is C13H17NO2. The first kappa shape index (κ1) is 11.1. The summed E-state index contributed by atoms with van der Waals surface area (Å²) < 4.78 is 0. The Hall–Kier alpha value is -1.35. The highest BCUT2D eigenvalue weighted by Gasteiger charge is 2.22. The van der Waals surface area contributed by atoms with Crippen LogP contribution >= 0.6 is 0 Å². The summed E-state index contributed by atoms with van der Waals surface area (Å²) in [6, 6.07) is 7.82. The van der Waals surface area contributed by atoms with Crippen LogP contribution < -0.4 is 0 Å². The van der Waals surface area contributed by atoms with Gasteiger partial charge in [0.2, 0.25) is 0 Å². The van der Waals surface area contributed by atoms with Gasteiger partial charge in [0.1, 0.15) is 0 Å². The minimum Gasteiger partial charge on any atom is -0.481 e. The van der Waals surface area contributed by atoms with Gasteiger partial charge in [-0.3, -0.25) is 9.69 Å². The number of likely N-dealkylation sites (tertiary alicyclic amines) is 1. The zero-order chi connectivity index (χ0) is 11.5. The van der Waals surface area contributed by atoms with Gasteiger partial charge in [0.25, 0.3) is 0 Å². The summed E-state index contributed by atoms with van der Waals surface area (Å²) in [6.07, 6.45) is 0.125. The van der Waals surface area contributed by atoms with Crippen molar-refractivity contribution in [3.8, 4) is 0 Å². The molecule has 1 aromatic carbocycles. The van der Waals surface area contributed by atoms with Crippen LogP contribution in [0.25, 0.3) is 0 Å². The van der Waals surface area contributed by atoms with Gasteiger partial charge in [-0.25, -0.2) is 0 Å². The van der Waals surface area contributed by atoms with Crippen molar-refractivity contribution in [3.05, 3.63) is 35.4 Å². The monoisotopic (exact) mass is 219 g/mol. The van der Waals surface area contributed by atoms with E-state index in [4.69, 9.17) is 5.11 Å². The summed E-state index contributed by atoms with van der Waals surface area (Å²) in [7, 11) is 0. The van der Waals surface area contributed by atoms with Crippen molar-refractivity contribution < 1.29 is 9.90 Å². The van der Waals surface area contributed by atoms with Crippen molar-refractivity contribution in [1.29, 1.82) is 0 Å². The van der Waals surface area contributed by atoms with Crippen molar-refractivity contribution in [2.24, 2.45) is 5.92 Å². The van der Waals surface area contributed by atoms with Crippen LogP contribution in [0.15, 0.2) is 24.3 Å². The lowest BCUT2D eigenvalue weighted by molar-refractivity contribution is -0.136. The van der Waals surface area contributed by atoms with Gasteiger partial charge in [0.05, 0.1) is 6.42 Å². The summed E-state index contributed by atoms with van der Waals surface area (Å²) >= 11 is 0. The molecule has 86 valence electrons. The van der Waals surface area contributed by atoms with Gasteiger partial charge in [-0.05, 0) is 17.0 Å². The van der Waals surface area contributed by atoms with Crippen molar-refractivity contribution in [1.82, 2.24) is 4.90 Å². The fraction of sp³-hybridized carbons (Fsp3) is 0.462. The van der Waals surface area contributed by atoms with Gasteiger partial charge in [0, 0.05) is 19.6 Å². The smallest absolute Gasteiger partial charge is 0.307 e. The predicted octanol–water partition coefficient (Wildman–Crippen LogP) is 1.77. The number of carboxylic acid groups (broad SMARTS) is 1. The van der Waals surface area contributed by atoms with Crippen molar-refractivity contribution in [2.75, 3.05) is 13.1 Å². The number of rotatable bonds is 4. The molecule has 0 amide bonds. The quantitative estimate of drug-likeness (QED) is 0.839. The minimum absolute atomic E-state index is 0.125. The molecule has 0 aromatic heterocycles. The molecule has 0 radical (unpaired) electrons. The molecule has 1 N–H and O–H groups in total. The predicted molar refractivity (Wildman–Crippen MR) is 62.2 cm³/mol. The lowest BCUT2D eigenvalue weighted by Crippen LogP contribution is -2.44. The first-order valence-corrected chi connectivity index (χ1v) is 5.66. The van der Waals surface area contributed by atoms with E-state index in [1.807, 2.05) is 24.3 Å². The Kier molecular flexibility index (Phi) is 3.25. The van der Waals surface area contributed by atoms with Crippen LogP contribution in [0, 0.1) is 5.92 Å². The summed E-state index contributed by atoms with van der Waals surface area (Å²) in [5.74, 6) is 0.0241. The number of carbonyl (C=O) groups is 1. The molecule has 1 fully saturated rings. The van der Waals surface area contributed by atoms with Crippen LogP contribution in [0.1, 0.15) is 18.1 Å². The summed E-state index contributed by atoms with van der Waals surface area (Å²) in [4.78, 5) is 13.1. The highest BCUT2D eigenvalue weighted by atomic mass is 16.4. The zero-order valence-electron chi connectivity index (χ0n) is 9.52. The normalized spacial score (nSPS) is 17.1. The maximum absolute atomic E-state index is 10.7. The standard InChI is InChI=1S/C13H17NO2/c1-10-7-14(8-10)9-12-5-3-2-4-11(12)6-13(15)16/h2-5,10H,6-9H2,1H3,(H,15,16). The Bertz CT molecular complexity index is 383. The molecule has 16 heavy (non-hydrogen) atoms. The van der Waals surface area contributed by atoms with E-state index in [0.717, 1.165) is 36.7 Å². The molecule has 1 aliphatic rings. The number of benzene rings is 1. The molecule has 1 saturated heterocycles. The van der Waals surface area contributed by atoms with Gasteiger partial charge >= 0.3 is 5.97 Å². The van der Waals surface area contributed by atoms with Crippen molar-refractivity contribution >= 4 is 5.97 Å². The van der Waals surface area contributed by atoms with E-state index >= 15 is 0 Å².